The highest BCUT2D eigenvalue weighted by molar-refractivity contribution is 5.81. The van der Waals surface area contributed by atoms with Crippen molar-refractivity contribution in [2.24, 2.45) is 0 Å². The lowest BCUT2D eigenvalue weighted by atomic mass is 9.99. The van der Waals surface area contributed by atoms with Crippen molar-refractivity contribution < 1.29 is 19.3 Å². The van der Waals surface area contributed by atoms with Crippen molar-refractivity contribution in [1.82, 2.24) is 4.57 Å². The molecule has 5 rings (SSSR count). The van der Waals surface area contributed by atoms with Crippen LogP contribution in [0.1, 0.15) is 5.56 Å². The maximum atomic E-state index is 12.4. The van der Waals surface area contributed by atoms with E-state index in [1.807, 2.05) is 30.3 Å². The summed E-state index contributed by atoms with van der Waals surface area (Å²) in [7, 11) is 0. The van der Waals surface area contributed by atoms with Gasteiger partial charge in [0.05, 0.1) is 11.1 Å². The molecule has 26 heavy (non-hydrogen) atoms. The Bertz CT molecular complexity index is 1120. The predicted octanol–water partition coefficient (Wildman–Crippen LogP) is 1.61. The number of para-hydroxylation sites is 3. The van der Waals surface area contributed by atoms with Crippen LogP contribution < -0.4 is 15.7 Å². The Balaban J connectivity index is 1.58. The molecular formula is C19H14N2O5. The molecule has 0 saturated heterocycles. The van der Waals surface area contributed by atoms with Crippen LogP contribution in [0.4, 0.5) is 0 Å². The van der Waals surface area contributed by atoms with Crippen LogP contribution >= 0.6 is 0 Å². The highest BCUT2D eigenvalue weighted by Gasteiger charge is 2.33. The summed E-state index contributed by atoms with van der Waals surface area (Å²) in [5.74, 6) is 0.111. The Morgan fingerprint density at radius 3 is 2.81 bits per heavy atom. The SMILES string of the molecule is O=c1oc2ccccc2n1C1=C[NH+]([O-])C=C1C1Cc2ccccc2OO1. The Kier molecular flexibility index (Phi) is 3.32. The molecule has 2 aliphatic heterocycles. The van der Waals surface area contributed by atoms with Gasteiger partial charge in [-0.15, -0.1) is 0 Å². The quantitative estimate of drug-likeness (QED) is 0.561. The molecule has 7 nitrogen and oxygen atoms in total. The third-order valence-corrected chi connectivity index (χ3v) is 4.58. The summed E-state index contributed by atoms with van der Waals surface area (Å²) in [6.07, 6.45) is 2.94. The van der Waals surface area contributed by atoms with Gasteiger partial charge in [0.15, 0.2) is 11.3 Å². The Hall–Kier alpha value is -3.13. The van der Waals surface area contributed by atoms with Gasteiger partial charge in [-0.25, -0.2) is 9.36 Å². The highest BCUT2D eigenvalue weighted by Crippen LogP contribution is 2.33. The third-order valence-electron chi connectivity index (χ3n) is 4.58. The number of oxazole rings is 1. The molecule has 0 saturated carbocycles. The van der Waals surface area contributed by atoms with Gasteiger partial charge in [0, 0.05) is 12.0 Å². The standard InChI is InChI=1S/C19H14N2O5/c22-19-21(14-6-2-4-8-17(14)24-19)15-11-20(23)10-13(15)18-9-12-5-1-3-7-16(12)25-26-18/h1-8,10-11,18,20H,9H2. The minimum Gasteiger partial charge on any atom is -0.624 e. The summed E-state index contributed by atoms with van der Waals surface area (Å²) in [4.78, 5) is 23.3. The van der Waals surface area contributed by atoms with Crippen LogP contribution in [0.15, 0.2) is 75.7 Å². The van der Waals surface area contributed by atoms with Crippen LogP contribution in [0.3, 0.4) is 0 Å². The van der Waals surface area contributed by atoms with Crippen LogP contribution in [0.2, 0.25) is 0 Å². The third kappa shape index (κ3) is 2.30. The summed E-state index contributed by atoms with van der Waals surface area (Å²) in [6.45, 7) is 0. The zero-order valence-electron chi connectivity index (χ0n) is 13.5. The molecule has 1 aromatic heterocycles. The van der Waals surface area contributed by atoms with Gasteiger partial charge in [-0.05, 0) is 18.2 Å². The van der Waals surface area contributed by atoms with E-state index in [-0.39, 0.29) is 5.06 Å². The monoisotopic (exact) mass is 350 g/mol. The number of fused-ring (bicyclic) bond motifs is 2. The lowest BCUT2D eigenvalue weighted by Crippen LogP contribution is -2.96. The first-order valence-electron chi connectivity index (χ1n) is 8.20. The number of hydrogen-bond acceptors (Lipinski definition) is 5. The van der Waals surface area contributed by atoms with E-state index in [0.29, 0.717) is 34.5 Å². The van der Waals surface area contributed by atoms with Crippen molar-refractivity contribution in [3.8, 4) is 5.75 Å². The Labute approximate surface area is 147 Å². The van der Waals surface area contributed by atoms with Gasteiger partial charge < -0.3 is 19.6 Å². The molecule has 2 aliphatic rings. The summed E-state index contributed by atoms with van der Waals surface area (Å²) in [5.41, 5.74) is 3.09. The summed E-state index contributed by atoms with van der Waals surface area (Å²) >= 11 is 0. The van der Waals surface area contributed by atoms with Crippen LogP contribution in [0.25, 0.3) is 16.8 Å². The van der Waals surface area contributed by atoms with Crippen molar-refractivity contribution in [3.05, 3.63) is 87.8 Å². The lowest BCUT2D eigenvalue weighted by Gasteiger charge is -2.24. The molecule has 0 bridgehead atoms. The van der Waals surface area contributed by atoms with E-state index in [1.165, 1.54) is 17.0 Å². The van der Waals surface area contributed by atoms with Crippen molar-refractivity contribution in [2.45, 2.75) is 12.5 Å². The molecule has 3 aromatic rings. The van der Waals surface area contributed by atoms with E-state index < -0.39 is 11.9 Å². The minimum absolute atomic E-state index is 0.199. The minimum atomic E-state index is -0.546. The zero-order chi connectivity index (χ0) is 17.7. The second-order valence-corrected chi connectivity index (χ2v) is 6.18. The van der Waals surface area contributed by atoms with Crippen molar-refractivity contribution in [2.75, 3.05) is 0 Å². The molecule has 2 aromatic carbocycles. The number of hydrogen-bond donors (Lipinski definition) is 1. The van der Waals surface area contributed by atoms with Gasteiger partial charge in [-0.1, -0.05) is 30.3 Å². The molecule has 7 heteroatoms. The van der Waals surface area contributed by atoms with Crippen LogP contribution in [0, 0.1) is 5.21 Å². The molecule has 3 heterocycles. The highest BCUT2D eigenvalue weighted by atomic mass is 17.2. The molecule has 1 N–H and O–H groups in total. The number of nitrogens with zero attached hydrogens (tertiary/aromatic N) is 1. The first kappa shape index (κ1) is 15.2. The molecule has 0 amide bonds. The van der Waals surface area contributed by atoms with Gasteiger partial charge in [-0.2, -0.15) is 4.89 Å². The van der Waals surface area contributed by atoms with Gasteiger partial charge in [-0.3, -0.25) is 0 Å². The van der Waals surface area contributed by atoms with Crippen LogP contribution in [-0.4, -0.2) is 10.7 Å². The number of rotatable bonds is 2. The fourth-order valence-electron chi connectivity index (χ4n) is 3.39. The molecule has 130 valence electrons. The maximum Gasteiger partial charge on any atom is 0.424 e. The van der Waals surface area contributed by atoms with Crippen molar-refractivity contribution in [1.29, 1.82) is 0 Å². The first-order chi connectivity index (χ1) is 12.7. The molecule has 0 aliphatic carbocycles. The first-order valence-corrected chi connectivity index (χ1v) is 8.20. The number of aromatic nitrogens is 1. The topological polar surface area (TPSA) is 81.1 Å². The largest absolute Gasteiger partial charge is 0.624 e. The van der Waals surface area contributed by atoms with E-state index in [0.717, 1.165) is 5.56 Å². The molecule has 2 atom stereocenters. The van der Waals surface area contributed by atoms with E-state index in [1.54, 1.807) is 18.2 Å². The molecule has 0 spiro atoms. The van der Waals surface area contributed by atoms with Gasteiger partial charge in [0.2, 0.25) is 0 Å². The molecule has 2 unspecified atom stereocenters. The normalized spacial score (nSPS) is 21.9. The van der Waals surface area contributed by atoms with Gasteiger partial charge in [0.25, 0.3) is 0 Å². The molecule has 0 fully saturated rings. The number of benzene rings is 2. The van der Waals surface area contributed by atoms with Crippen LogP contribution in [0.5, 0.6) is 5.75 Å². The Morgan fingerprint density at radius 2 is 1.88 bits per heavy atom. The molecule has 0 radical (unpaired) electrons. The van der Waals surface area contributed by atoms with Crippen LogP contribution in [-0.2, 0) is 11.3 Å². The maximum absolute atomic E-state index is 12.4. The van der Waals surface area contributed by atoms with E-state index >= 15 is 0 Å². The van der Waals surface area contributed by atoms with Gasteiger partial charge >= 0.3 is 5.76 Å². The van der Waals surface area contributed by atoms with Crippen molar-refractivity contribution in [3.63, 3.8) is 0 Å². The Morgan fingerprint density at radius 1 is 1.08 bits per heavy atom. The fourth-order valence-corrected chi connectivity index (χ4v) is 3.39. The second kappa shape index (κ2) is 5.70. The average molecular weight is 350 g/mol. The van der Waals surface area contributed by atoms with E-state index in [2.05, 4.69) is 0 Å². The molecular weight excluding hydrogens is 336 g/mol. The summed E-state index contributed by atoms with van der Waals surface area (Å²) in [5, 5.41) is 11.9. The van der Waals surface area contributed by atoms with Crippen molar-refractivity contribution >= 4 is 16.8 Å². The van der Waals surface area contributed by atoms with Gasteiger partial charge in [0.1, 0.15) is 24.2 Å². The van der Waals surface area contributed by atoms with E-state index in [4.69, 9.17) is 14.2 Å². The number of hydroxylamine groups is 2. The zero-order valence-corrected chi connectivity index (χ0v) is 13.5. The summed E-state index contributed by atoms with van der Waals surface area (Å²) < 4.78 is 6.69. The lowest BCUT2D eigenvalue weighted by molar-refractivity contribution is -0.727. The summed E-state index contributed by atoms with van der Waals surface area (Å²) in [6, 6.07) is 14.6. The van der Waals surface area contributed by atoms with E-state index in [9.17, 15) is 10.0 Å². The number of quaternary nitrogens is 1. The fraction of sp³-hybridized carbons (Fsp3) is 0.105. The second-order valence-electron chi connectivity index (χ2n) is 6.18. The smallest absolute Gasteiger partial charge is 0.424 e. The number of nitrogens with one attached hydrogen (secondary N) is 1. The predicted molar refractivity (Wildman–Crippen MR) is 92.8 cm³/mol. The average Bonchev–Trinajstić information content (AvgIpc) is 3.19.